The lowest BCUT2D eigenvalue weighted by Crippen LogP contribution is -2.52. The van der Waals surface area contributed by atoms with Crippen molar-refractivity contribution in [2.24, 2.45) is 5.92 Å². The Morgan fingerprint density at radius 1 is 1.39 bits per heavy atom. The molecule has 2 bridgehead atoms. The van der Waals surface area contributed by atoms with Crippen LogP contribution < -0.4 is 4.74 Å². The lowest BCUT2D eigenvalue weighted by Gasteiger charge is -2.43. The molecule has 0 spiro atoms. The fourth-order valence-corrected chi connectivity index (χ4v) is 2.80. The van der Waals surface area contributed by atoms with Crippen LogP contribution in [0.15, 0.2) is 10.6 Å². The van der Waals surface area contributed by atoms with Crippen LogP contribution in [0.3, 0.4) is 0 Å². The molecule has 3 aliphatic rings. The number of hydrogen-bond acceptors (Lipinski definition) is 4. The predicted octanol–water partition coefficient (Wildman–Crippen LogP) is 2.69. The van der Waals surface area contributed by atoms with Gasteiger partial charge in [-0.3, -0.25) is 4.90 Å². The molecule has 3 aliphatic heterocycles. The Bertz CT molecular complexity index is 386. The quantitative estimate of drug-likeness (QED) is 0.848. The van der Waals surface area contributed by atoms with Gasteiger partial charge in [0.1, 0.15) is 11.9 Å². The van der Waals surface area contributed by atoms with Gasteiger partial charge in [0.2, 0.25) is 0 Å². The molecule has 102 valence electrons. The van der Waals surface area contributed by atoms with E-state index in [1.54, 1.807) is 0 Å². The van der Waals surface area contributed by atoms with Crippen molar-refractivity contribution in [3.63, 3.8) is 0 Å². The molecule has 1 aromatic rings. The minimum Gasteiger partial charge on any atom is -0.471 e. The lowest BCUT2D eigenvalue weighted by atomic mass is 9.86. The van der Waals surface area contributed by atoms with Crippen molar-refractivity contribution in [2.75, 3.05) is 19.6 Å². The van der Waals surface area contributed by atoms with E-state index >= 15 is 0 Å². The molecular weight excluding hydrogens is 252 g/mol. The molecule has 1 unspecified atom stereocenters. The van der Waals surface area contributed by atoms with Crippen LogP contribution in [0.5, 0.6) is 5.88 Å². The number of piperidine rings is 3. The fraction of sp³-hybridized carbons (Fsp3) is 0.769. The second-order valence-corrected chi connectivity index (χ2v) is 5.52. The van der Waals surface area contributed by atoms with E-state index in [1.807, 2.05) is 6.07 Å². The number of rotatable bonds is 3. The lowest BCUT2D eigenvalue weighted by molar-refractivity contribution is -0.0113. The highest BCUT2D eigenvalue weighted by Crippen LogP contribution is 2.31. The normalized spacial score (nSPS) is 30.3. The first-order chi connectivity index (χ1) is 8.22. The Balaban J connectivity index is 0.00000120. The van der Waals surface area contributed by atoms with E-state index < -0.39 is 0 Å². The zero-order valence-electron chi connectivity index (χ0n) is 11.0. The Morgan fingerprint density at radius 3 is 2.61 bits per heavy atom. The van der Waals surface area contributed by atoms with Crippen LogP contribution in [0.25, 0.3) is 0 Å². The van der Waals surface area contributed by atoms with Crippen molar-refractivity contribution >= 4 is 12.4 Å². The van der Waals surface area contributed by atoms with E-state index in [9.17, 15) is 0 Å². The van der Waals surface area contributed by atoms with Crippen molar-refractivity contribution < 1.29 is 9.26 Å². The summed E-state index contributed by atoms with van der Waals surface area (Å²) in [6.07, 6.45) is 2.83. The maximum atomic E-state index is 5.97. The molecule has 1 atom stereocenters. The second-order valence-electron chi connectivity index (χ2n) is 5.52. The highest BCUT2D eigenvalue weighted by molar-refractivity contribution is 5.85. The molecule has 3 saturated heterocycles. The minimum absolute atomic E-state index is 0. The van der Waals surface area contributed by atoms with E-state index in [-0.39, 0.29) is 12.4 Å². The molecule has 0 radical (unpaired) electrons. The van der Waals surface area contributed by atoms with Gasteiger partial charge in [0.05, 0.1) is 0 Å². The van der Waals surface area contributed by atoms with Crippen LogP contribution in [0.2, 0.25) is 0 Å². The van der Waals surface area contributed by atoms with Gasteiger partial charge in [0.25, 0.3) is 5.88 Å². The van der Waals surface area contributed by atoms with Crippen LogP contribution in [-0.2, 0) is 0 Å². The van der Waals surface area contributed by atoms with E-state index in [0.717, 1.165) is 12.3 Å². The summed E-state index contributed by atoms with van der Waals surface area (Å²) in [5.74, 6) is 2.64. The summed E-state index contributed by atoms with van der Waals surface area (Å²) in [6.45, 7) is 7.72. The standard InChI is InChI=1S/C13H20N2O2.ClH/c1-9(2)11-7-13(14-17-11)16-12-8-15-5-3-10(12)4-6-15;/h7,9-10,12H,3-6,8H2,1-2H3;1H. The monoisotopic (exact) mass is 272 g/mol. The van der Waals surface area contributed by atoms with Gasteiger partial charge < -0.3 is 9.26 Å². The summed E-state index contributed by atoms with van der Waals surface area (Å²) in [4.78, 5) is 2.48. The van der Waals surface area contributed by atoms with Gasteiger partial charge >= 0.3 is 0 Å². The topological polar surface area (TPSA) is 38.5 Å². The Hall–Kier alpha value is -0.740. The number of ether oxygens (including phenoxy) is 1. The molecule has 0 aromatic carbocycles. The minimum atomic E-state index is 0. The van der Waals surface area contributed by atoms with Gasteiger partial charge in [-0.1, -0.05) is 13.8 Å². The van der Waals surface area contributed by atoms with Gasteiger partial charge in [-0.15, -0.1) is 12.4 Å². The zero-order chi connectivity index (χ0) is 11.8. The van der Waals surface area contributed by atoms with Gasteiger partial charge in [0, 0.05) is 18.5 Å². The van der Waals surface area contributed by atoms with Gasteiger partial charge in [-0.05, 0) is 37.0 Å². The van der Waals surface area contributed by atoms with E-state index in [2.05, 4.69) is 23.9 Å². The van der Waals surface area contributed by atoms with Crippen LogP contribution in [0, 0.1) is 5.92 Å². The molecule has 18 heavy (non-hydrogen) atoms. The van der Waals surface area contributed by atoms with Crippen molar-refractivity contribution in [1.82, 2.24) is 10.1 Å². The maximum Gasteiger partial charge on any atom is 0.254 e. The molecule has 4 rings (SSSR count). The van der Waals surface area contributed by atoms with Crippen molar-refractivity contribution in [1.29, 1.82) is 0 Å². The number of aromatic nitrogens is 1. The highest BCUT2D eigenvalue weighted by Gasteiger charge is 2.36. The van der Waals surface area contributed by atoms with Crippen LogP contribution in [0.1, 0.15) is 38.4 Å². The highest BCUT2D eigenvalue weighted by atomic mass is 35.5. The summed E-state index contributed by atoms with van der Waals surface area (Å²) in [5, 5.41) is 4.00. The second kappa shape index (κ2) is 5.49. The molecule has 5 heteroatoms. The number of nitrogens with zero attached hydrogens (tertiary/aromatic N) is 2. The molecular formula is C13H21ClN2O2. The molecule has 4 heterocycles. The fourth-order valence-electron chi connectivity index (χ4n) is 2.80. The maximum absolute atomic E-state index is 5.97. The van der Waals surface area contributed by atoms with Crippen LogP contribution in [-0.4, -0.2) is 35.8 Å². The van der Waals surface area contributed by atoms with Gasteiger partial charge in [-0.2, -0.15) is 0 Å². The summed E-state index contributed by atoms with van der Waals surface area (Å²) in [7, 11) is 0. The smallest absolute Gasteiger partial charge is 0.254 e. The van der Waals surface area contributed by atoms with Crippen molar-refractivity contribution in [3.8, 4) is 5.88 Å². The Morgan fingerprint density at radius 2 is 2.11 bits per heavy atom. The zero-order valence-corrected chi connectivity index (χ0v) is 11.8. The Kier molecular flexibility index (Phi) is 4.17. The number of hydrogen-bond donors (Lipinski definition) is 0. The predicted molar refractivity (Wildman–Crippen MR) is 71.4 cm³/mol. The third kappa shape index (κ3) is 2.64. The molecule has 0 saturated carbocycles. The third-order valence-corrected chi connectivity index (χ3v) is 3.94. The van der Waals surface area contributed by atoms with Gasteiger partial charge in [-0.25, -0.2) is 0 Å². The van der Waals surface area contributed by atoms with Crippen LogP contribution in [0.4, 0.5) is 0 Å². The summed E-state index contributed by atoms with van der Waals surface area (Å²) in [6, 6.07) is 1.93. The molecule has 0 N–H and O–H groups in total. The molecule has 0 amide bonds. The van der Waals surface area contributed by atoms with Gasteiger partial charge in [0.15, 0.2) is 0 Å². The molecule has 1 aromatic heterocycles. The largest absolute Gasteiger partial charge is 0.471 e. The molecule has 4 nitrogen and oxygen atoms in total. The first-order valence-electron chi connectivity index (χ1n) is 6.58. The van der Waals surface area contributed by atoms with E-state index in [1.165, 1.54) is 25.9 Å². The SMILES string of the molecule is CC(C)c1cc(OC2CN3CCC2CC3)no1.Cl. The van der Waals surface area contributed by atoms with Crippen molar-refractivity contribution in [3.05, 3.63) is 11.8 Å². The average molecular weight is 273 g/mol. The van der Waals surface area contributed by atoms with E-state index in [0.29, 0.717) is 23.8 Å². The third-order valence-electron chi connectivity index (χ3n) is 3.94. The summed E-state index contributed by atoms with van der Waals surface area (Å²) < 4.78 is 11.2. The first-order valence-corrected chi connectivity index (χ1v) is 6.58. The molecule has 0 aliphatic carbocycles. The summed E-state index contributed by atoms with van der Waals surface area (Å²) in [5.41, 5.74) is 0. The Labute approximate surface area is 114 Å². The molecule has 3 fully saturated rings. The summed E-state index contributed by atoms with van der Waals surface area (Å²) >= 11 is 0. The van der Waals surface area contributed by atoms with Crippen molar-refractivity contribution in [2.45, 2.75) is 38.7 Å². The number of fused-ring (bicyclic) bond motifs is 3. The van der Waals surface area contributed by atoms with Crippen LogP contribution >= 0.6 is 12.4 Å². The number of halogens is 1. The van der Waals surface area contributed by atoms with E-state index in [4.69, 9.17) is 9.26 Å². The average Bonchev–Trinajstić information content (AvgIpc) is 2.79. The first kappa shape index (κ1) is 13.7.